The molecule has 24 heavy (non-hydrogen) atoms. The number of likely N-dealkylation sites (tertiary alicyclic amines) is 1. The summed E-state index contributed by atoms with van der Waals surface area (Å²) in [6, 6.07) is 15.9. The number of hydrogen-bond donors (Lipinski definition) is 1. The molecule has 122 valence electrons. The number of carbonyl (C=O) groups is 1. The van der Waals surface area contributed by atoms with Gasteiger partial charge in [0.2, 0.25) is 0 Å². The second-order valence-electron chi connectivity index (χ2n) is 6.60. The number of aromatic nitrogens is 2. The Balaban J connectivity index is 1.54. The molecule has 0 bridgehead atoms. The number of H-pyrrole nitrogens is 1. The third kappa shape index (κ3) is 2.80. The lowest BCUT2D eigenvalue weighted by Crippen LogP contribution is -2.39. The number of fused-ring (bicyclic) bond motifs is 1. The first-order chi connectivity index (χ1) is 11.7. The van der Waals surface area contributed by atoms with Gasteiger partial charge in [-0.25, -0.2) is 4.98 Å². The number of piperidine rings is 1. The van der Waals surface area contributed by atoms with Gasteiger partial charge in [-0.2, -0.15) is 0 Å². The molecule has 4 rings (SSSR count). The first-order valence-corrected chi connectivity index (χ1v) is 8.51. The van der Waals surface area contributed by atoms with E-state index < -0.39 is 0 Å². The number of rotatable bonds is 2. The van der Waals surface area contributed by atoms with Crippen LogP contribution < -0.4 is 0 Å². The predicted octanol–water partition coefficient (Wildman–Crippen LogP) is 3.89. The van der Waals surface area contributed by atoms with Gasteiger partial charge in [0.15, 0.2) is 0 Å². The number of carbonyl (C=O) groups excluding carboxylic acids is 1. The normalized spacial score (nSPS) is 18.0. The second kappa shape index (κ2) is 6.11. The van der Waals surface area contributed by atoms with Crippen LogP contribution in [0.1, 0.15) is 40.5 Å². The molecular formula is C20H21N3O. The molecule has 0 aliphatic carbocycles. The van der Waals surface area contributed by atoms with Gasteiger partial charge >= 0.3 is 0 Å². The van der Waals surface area contributed by atoms with Crippen LogP contribution in [-0.4, -0.2) is 33.9 Å². The summed E-state index contributed by atoms with van der Waals surface area (Å²) in [6.45, 7) is 3.59. The molecule has 4 nitrogen and oxygen atoms in total. The number of aromatic amines is 1. The number of nitrogens with zero attached hydrogens (tertiary/aromatic N) is 2. The molecule has 0 unspecified atom stereocenters. The molecule has 1 N–H and O–H groups in total. The quantitative estimate of drug-likeness (QED) is 0.779. The average Bonchev–Trinajstić information content (AvgIpc) is 3.06. The highest BCUT2D eigenvalue weighted by Gasteiger charge is 2.27. The Labute approximate surface area is 141 Å². The fraction of sp³-hybridized carbons (Fsp3) is 0.300. The standard InChI is InChI=1S/C20H21N3O/c1-14-8-10-15(11-9-14)20(24)23-12-4-5-16(13-23)19-21-17-6-2-3-7-18(17)22-19/h2-3,6-11,16H,4-5,12-13H2,1H3,(H,21,22)/t16-/m1/s1. The summed E-state index contributed by atoms with van der Waals surface area (Å²) in [5.41, 5.74) is 4.00. The van der Waals surface area contributed by atoms with E-state index in [4.69, 9.17) is 4.98 Å². The van der Waals surface area contributed by atoms with Crippen molar-refractivity contribution in [3.63, 3.8) is 0 Å². The molecule has 2 heterocycles. The van der Waals surface area contributed by atoms with Crippen molar-refractivity contribution in [1.82, 2.24) is 14.9 Å². The number of hydrogen-bond acceptors (Lipinski definition) is 2. The van der Waals surface area contributed by atoms with Crippen LogP contribution >= 0.6 is 0 Å². The van der Waals surface area contributed by atoms with Crippen molar-refractivity contribution in [3.8, 4) is 0 Å². The minimum Gasteiger partial charge on any atom is -0.342 e. The Morgan fingerprint density at radius 3 is 2.75 bits per heavy atom. The largest absolute Gasteiger partial charge is 0.342 e. The fourth-order valence-electron chi connectivity index (χ4n) is 3.43. The minimum atomic E-state index is 0.121. The van der Waals surface area contributed by atoms with Crippen LogP contribution in [0.5, 0.6) is 0 Å². The third-order valence-corrected chi connectivity index (χ3v) is 4.80. The topological polar surface area (TPSA) is 49.0 Å². The van der Waals surface area contributed by atoms with E-state index in [2.05, 4.69) is 4.98 Å². The summed E-state index contributed by atoms with van der Waals surface area (Å²) in [5, 5.41) is 0. The van der Waals surface area contributed by atoms with E-state index in [0.717, 1.165) is 48.4 Å². The molecule has 4 heteroatoms. The van der Waals surface area contributed by atoms with E-state index in [0.29, 0.717) is 0 Å². The maximum atomic E-state index is 12.8. The SMILES string of the molecule is Cc1ccc(C(=O)N2CCC[C@@H](c3nc4ccccc4[nH]3)C2)cc1. The molecule has 0 radical (unpaired) electrons. The van der Waals surface area contributed by atoms with Crippen LogP contribution in [0.4, 0.5) is 0 Å². The zero-order chi connectivity index (χ0) is 16.5. The summed E-state index contributed by atoms with van der Waals surface area (Å²) in [6.07, 6.45) is 2.08. The van der Waals surface area contributed by atoms with Crippen molar-refractivity contribution >= 4 is 16.9 Å². The Kier molecular flexibility index (Phi) is 3.81. The highest BCUT2D eigenvalue weighted by molar-refractivity contribution is 5.94. The molecule has 1 fully saturated rings. The van der Waals surface area contributed by atoms with Gasteiger partial charge in [-0.15, -0.1) is 0 Å². The lowest BCUT2D eigenvalue weighted by Gasteiger charge is -2.32. The van der Waals surface area contributed by atoms with Crippen LogP contribution in [0.25, 0.3) is 11.0 Å². The number of nitrogens with one attached hydrogen (secondary N) is 1. The summed E-state index contributed by atoms with van der Waals surface area (Å²) in [4.78, 5) is 22.9. The maximum Gasteiger partial charge on any atom is 0.253 e. The molecular weight excluding hydrogens is 298 g/mol. The van der Waals surface area contributed by atoms with E-state index in [1.165, 1.54) is 5.56 Å². The first kappa shape index (κ1) is 14.9. The van der Waals surface area contributed by atoms with Gasteiger partial charge in [0, 0.05) is 24.6 Å². The molecule has 2 aromatic carbocycles. The monoisotopic (exact) mass is 319 g/mol. The van der Waals surface area contributed by atoms with E-state index in [1.54, 1.807) is 0 Å². The van der Waals surface area contributed by atoms with Gasteiger partial charge in [-0.3, -0.25) is 4.79 Å². The van der Waals surface area contributed by atoms with Crippen molar-refractivity contribution in [2.75, 3.05) is 13.1 Å². The van der Waals surface area contributed by atoms with Crippen LogP contribution in [-0.2, 0) is 0 Å². The van der Waals surface area contributed by atoms with E-state index >= 15 is 0 Å². The van der Waals surface area contributed by atoms with Gasteiger partial charge in [-0.05, 0) is 44.0 Å². The number of para-hydroxylation sites is 2. The average molecular weight is 319 g/mol. The molecule has 0 saturated carbocycles. The summed E-state index contributed by atoms with van der Waals surface area (Å²) in [5.74, 6) is 1.40. The van der Waals surface area contributed by atoms with Crippen LogP contribution in [0, 0.1) is 6.92 Å². The summed E-state index contributed by atoms with van der Waals surface area (Å²) >= 11 is 0. The smallest absolute Gasteiger partial charge is 0.253 e. The van der Waals surface area contributed by atoms with Gasteiger partial charge in [-0.1, -0.05) is 29.8 Å². The van der Waals surface area contributed by atoms with Crippen LogP contribution in [0.3, 0.4) is 0 Å². The summed E-state index contributed by atoms with van der Waals surface area (Å²) < 4.78 is 0. The molecule has 0 spiro atoms. The van der Waals surface area contributed by atoms with Gasteiger partial charge in [0.25, 0.3) is 5.91 Å². The molecule has 1 aliphatic rings. The predicted molar refractivity (Wildman–Crippen MR) is 95.2 cm³/mol. The minimum absolute atomic E-state index is 0.121. The van der Waals surface area contributed by atoms with E-state index in [-0.39, 0.29) is 11.8 Å². The highest BCUT2D eigenvalue weighted by Crippen LogP contribution is 2.27. The van der Waals surface area contributed by atoms with Crippen LogP contribution in [0.15, 0.2) is 48.5 Å². The highest BCUT2D eigenvalue weighted by atomic mass is 16.2. The fourth-order valence-corrected chi connectivity index (χ4v) is 3.43. The van der Waals surface area contributed by atoms with Gasteiger partial charge in [0.05, 0.1) is 11.0 Å². The van der Waals surface area contributed by atoms with Gasteiger partial charge < -0.3 is 9.88 Å². The Hall–Kier alpha value is -2.62. The maximum absolute atomic E-state index is 12.8. The Bertz CT molecular complexity index is 833. The molecule has 3 aromatic rings. The third-order valence-electron chi connectivity index (χ3n) is 4.80. The number of imidazole rings is 1. The van der Waals surface area contributed by atoms with E-state index in [1.807, 2.05) is 60.4 Å². The van der Waals surface area contributed by atoms with E-state index in [9.17, 15) is 4.79 Å². The van der Waals surface area contributed by atoms with Crippen molar-refractivity contribution in [3.05, 3.63) is 65.5 Å². The zero-order valence-electron chi connectivity index (χ0n) is 13.8. The van der Waals surface area contributed by atoms with Crippen molar-refractivity contribution < 1.29 is 4.79 Å². The van der Waals surface area contributed by atoms with Crippen molar-refractivity contribution in [2.45, 2.75) is 25.7 Å². The molecule has 1 atom stereocenters. The zero-order valence-corrected chi connectivity index (χ0v) is 13.8. The second-order valence-corrected chi connectivity index (χ2v) is 6.60. The lowest BCUT2D eigenvalue weighted by molar-refractivity contribution is 0.0705. The molecule has 1 amide bonds. The number of amides is 1. The van der Waals surface area contributed by atoms with Gasteiger partial charge in [0.1, 0.15) is 5.82 Å². The first-order valence-electron chi connectivity index (χ1n) is 8.51. The summed E-state index contributed by atoms with van der Waals surface area (Å²) in [7, 11) is 0. The van der Waals surface area contributed by atoms with Crippen molar-refractivity contribution in [1.29, 1.82) is 0 Å². The van der Waals surface area contributed by atoms with Crippen LogP contribution in [0.2, 0.25) is 0 Å². The number of benzene rings is 2. The Morgan fingerprint density at radius 2 is 1.96 bits per heavy atom. The van der Waals surface area contributed by atoms with Crippen molar-refractivity contribution in [2.24, 2.45) is 0 Å². The molecule has 1 aliphatic heterocycles. The molecule has 1 saturated heterocycles. The lowest BCUT2D eigenvalue weighted by atomic mass is 9.96. The molecule has 1 aromatic heterocycles. The number of aryl methyl sites for hydroxylation is 1. The Morgan fingerprint density at radius 1 is 1.17 bits per heavy atom.